The second kappa shape index (κ2) is 4.66. The SMILES string of the molecule is OC(c1ccccc1)(c1ccccc1)c1nnco1. The maximum Gasteiger partial charge on any atom is 0.257 e. The lowest BCUT2D eigenvalue weighted by Gasteiger charge is -2.25. The topological polar surface area (TPSA) is 59.2 Å². The first-order valence-electron chi connectivity index (χ1n) is 5.92. The molecule has 0 radical (unpaired) electrons. The molecule has 1 heterocycles. The fraction of sp³-hybridized carbons (Fsp3) is 0.0667. The van der Waals surface area contributed by atoms with E-state index in [2.05, 4.69) is 10.2 Å². The van der Waals surface area contributed by atoms with Gasteiger partial charge in [0.25, 0.3) is 5.89 Å². The Balaban J connectivity index is 2.23. The van der Waals surface area contributed by atoms with Gasteiger partial charge in [-0.15, -0.1) is 10.2 Å². The van der Waals surface area contributed by atoms with Gasteiger partial charge >= 0.3 is 0 Å². The molecular formula is C15H12N2O2. The lowest BCUT2D eigenvalue weighted by Crippen LogP contribution is -2.29. The van der Waals surface area contributed by atoms with Gasteiger partial charge in [0.05, 0.1) is 0 Å². The van der Waals surface area contributed by atoms with Crippen LogP contribution in [-0.4, -0.2) is 15.3 Å². The first-order chi connectivity index (χ1) is 9.32. The van der Waals surface area contributed by atoms with E-state index in [1.54, 1.807) is 0 Å². The summed E-state index contributed by atoms with van der Waals surface area (Å²) in [6.07, 6.45) is 1.21. The molecule has 0 saturated heterocycles. The van der Waals surface area contributed by atoms with Gasteiger partial charge in [0, 0.05) is 0 Å². The Morgan fingerprint density at radius 2 is 1.37 bits per heavy atom. The van der Waals surface area contributed by atoms with Gasteiger partial charge < -0.3 is 9.52 Å². The molecule has 4 heteroatoms. The molecule has 0 aliphatic carbocycles. The summed E-state index contributed by atoms with van der Waals surface area (Å²) in [5.41, 5.74) is -0.0603. The minimum Gasteiger partial charge on any atom is -0.424 e. The van der Waals surface area contributed by atoms with Crippen molar-refractivity contribution >= 4 is 0 Å². The Hall–Kier alpha value is -2.46. The minimum atomic E-state index is -1.43. The summed E-state index contributed by atoms with van der Waals surface area (Å²) in [5, 5.41) is 18.7. The Kier molecular flexibility index (Phi) is 2.85. The van der Waals surface area contributed by atoms with Crippen LogP contribution in [0.4, 0.5) is 0 Å². The number of rotatable bonds is 3. The van der Waals surface area contributed by atoms with Crippen molar-refractivity contribution < 1.29 is 9.52 Å². The Labute approximate surface area is 110 Å². The fourth-order valence-corrected chi connectivity index (χ4v) is 2.10. The van der Waals surface area contributed by atoms with E-state index >= 15 is 0 Å². The van der Waals surface area contributed by atoms with Gasteiger partial charge in [-0.2, -0.15) is 0 Å². The summed E-state index contributed by atoms with van der Waals surface area (Å²) in [7, 11) is 0. The number of aromatic nitrogens is 2. The van der Waals surface area contributed by atoms with Crippen LogP contribution in [0.5, 0.6) is 0 Å². The highest BCUT2D eigenvalue weighted by molar-refractivity contribution is 5.41. The first kappa shape index (κ1) is 11.6. The molecule has 19 heavy (non-hydrogen) atoms. The molecule has 0 unspecified atom stereocenters. The highest BCUT2D eigenvalue weighted by Gasteiger charge is 2.38. The zero-order valence-electron chi connectivity index (χ0n) is 10.1. The summed E-state index contributed by atoms with van der Waals surface area (Å²) >= 11 is 0. The van der Waals surface area contributed by atoms with Gasteiger partial charge in [-0.05, 0) is 11.1 Å². The quantitative estimate of drug-likeness (QED) is 0.777. The van der Waals surface area contributed by atoms with E-state index < -0.39 is 5.60 Å². The molecule has 3 aromatic rings. The highest BCUT2D eigenvalue weighted by Crippen LogP contribution is 2.34. The summed E-state index contributed by atoms with van der Waals surface area (Å²) in [6, 6.07) is 18.5. The minimum absolute atomic E-state index is 0.157. The summed E-state index contributed by atoms with van der Waals surface area (Å²) < 4.78 is 5.24. The van der Waals surface area contributed by atoms with Crippen molar-refractivity contribution in [2.45, 2.75) is 5.60 Å². The average Bonchev–Trinajstić information content (AvgIpc) is 3.03. The van der Waals surface area contributed by atoms with Crippen LogP contribution in [0.3, 0.4) is 0 Å². The first-order valence-corrected chi connectivity index (χ1v) is 5.92. The molecule has 2 aromatic carbocycles. The summed E-state index contributed by atoms with van der Waals surface area (Å²) in [5.74, 6) is 0.157. The van der Waals surface area contributed by atoms with Crippen molar-refractivity contribution in [1.82, 2.24) is 10.2 Å². The van der Waals surface area contributed by atoms with E-state index in [0.717, 1.165) is 0 Å². The number of hydrogen-bond acceptors (Lipinski definition) is 4. The maximum atomic E-state index is 11.1. The van der Waals surface area contributed by atoms with E-state index in [1.807, 2.05) is 60.7 Å². The second-order valence-corrected chi connectivity index (χ2v) is 4.19. The van der Waals surface area contributed by atoms with Gasteiger partial charge in [0.1, 0.15) is 0 Å². The third-order valence-corrected chi connectivity index (χ3v) is 3.05. The third-order valence-electron chi connectivity index (χ3n) is 3.05. The predicted octanol–water partition coefficient (Wildman–Crippen LogP) is 2.35. The van der Waals surface area contributed by atoms with Crippen LogP contribution in [0.25, 0.3) is 0 Å². The average molecular weight is 252 g/mol. The largest absolute Gasteiger partial charge is 0.424 e. The Morgan fingerprint density at radius 3 is 1.79 bits per heavy atom. The van der Waals surface area contributed by atoms with Crippen molar-refractivity contribution in [1.29, 1.82) is 0 Å². The zero-order chi connectivity index (χ0) is 13.1. The Bertz CT molecular complexity index is 597. The molecule has 0 atom stereocenters. The molecule has 4 nitrogen and oxygen atoms in total. The van der Waals surface area contributed by atoms with E-state index in [1.165, 1.54) is 6.39 Å². The summed E-state index contributed by atoms with van der Waals surface area (Å²) in [6.45, 7) is 0. The molecule has 0 amide bonds. The molecule has 3 rings (SSSR count). The molecule has 0 fully saturated rings. The van der Waals surface area contributed by atoms with Crippen LogP contribution in [-0.2, 0) is 5.60 Å². The number of nitrogens with zero attached hydrogens (tertiary/aromatic N) is 2. The van der Waals surface area contributed by atoms with Crippen LogP contribution in [0.15, 0.2) is 71.5 Å². The predicted molar refractivity (Wildman–Crippen MR) is 69.3 cm³/mol. The van der Waals surface area contributed by atoms with Crippen molar-refractivity contribution in [2.24, 2.45) is 0 Å². The fourth-order valence-electron chi connectivity index (χ4n) is 2.10. The zero-order valence-corrected chi connectivity index (χ0v) is 10.1. The molecule has 1 N–H and O–H groups in total. The van der Waals surface area contributed by atoms with Crippen molar-refractivity contribution in [3.05, 3.63) is 84.1 Å². The maximum absolute atomic E-state index is 11.1. The Morgan fingerprint density at radius 1 is 0.842 bits per heavy atom. The van der Waals surface area contributed by atoms with Crippen LogP contribution < -0.4 is 0 Å². The van der Waals surface area contributed by atoms with Gasteiger partial charge in [-0.1, -0.05) is 60.7 Å². The smallest absolute Gasteiger partial charge is 0.257 e. The molecule has 0 aliphatic heterocycles. The van der Waals surface area contributed by atoms with E-state index in [0.29, 0.717) is 11.1 Å². The molecule has 1 aromatic heterocycles. The lowest BCUT2D eigenvalue weighted by atomic mass is 9.86. The van der Waals surface area contributed by atoms with Gasteiger partial charge in [0.15, 0.2) is 5.60 Å². The highest BCUT2D eigenvalue weighted by atomic mass is 16.4. The molecular weight excluding hydrogens is 240 g/mol. The van der Waals surface area contributed by atoms with E-state index in [9.17, 15) is 5.11 Å². The molecule has 0 saturated carbocycles. The normalized spacial score (nSPS) is 11.4. The van der Waals surface area contributed by atoms with Crippen LogP contribution in [0, 0.1) is 0 Å². The summed E-state index contributed by atoms with van der Waals surface area (Å²) in [4.78, 5) is 0. The van der Waals surface area contributed by atoms with Crippen LogP contribution >= 0.6 is 0 Å². The lowest BCUT2D eigenvalue weighted by molar-refractivity contribution is 0.0927. The number of benzene rings is 2. The second-order valence-electron chi connectivity index (χ2n) is 4.19. The van der Waals surface area contributed by atoms with Crippen molar-refractivity contribution in [3.8, 4) is 0 Å². The molecule has 0 spiro atoms. The van der Waals surface area contributed by atoms with Crippen LogP contribution in [0.2, 0.25) is 0 Å². The monoisotopic (exact) mass is 252 g/mol. The number of aliphatic hydroxyl groups is 1. The molecule has 94 valence electrons. The van der Waals surface area contributed by atoms with Crippen molar-refractivity contribution in [3.63, 3.8) is 0 Å². The van der Waals surface area contributed by atoms with Gasteiger partial charge in [0.2, 0.25) is 6.39 Å². The molecule has 0 aliphatic rings. The van der Waals surface area contributed by atoms with Crippen molar-refractivity contribution in [2.75, 3.05) is 0 Å². The third kappa shape index (κ3) is 1.92. The standard InChI is InChI=1S/C15H12N2O2/c18-15(14-17-16-11-19-14,12-7-3-1-4-8-12)13-9-5-2-6-10-13/h1-11,18H. The van der Waals surface area contributed by atoms with E-state index in [4.69, 9.17) is 4.42 Å². The van der Waals surface area contributed by atoms with E-state index in [-0.39, 0.29) is 5.89 Å². The molecule has 0 bridgehead atoms. The number of hydrogen-bond donors (Lipinski definition) is 1. The van der Waals surface area contributed by atoms with Gasteiger partial charge in [-0.3, -0.25) is 0 Å². The van der Waals surface area contributed by atoms with Crippen LogP contribution in [0.1, 0.15) is 17.0 Å². The van der Waals surface area contributed by atoms with Gasteiger partial charge in [-0.25, -0.2) is 0 Å².